The quantitative estimate of drug-likeness (QED) is 0.816. The number of benzene rings is 2. The van der Waals surface area contributed by atoms with E-state index >= 15 is 0 Å². The van der Waals surface area contributed by atoms with Gasteiger partial charge in [-0.1, -0.05) is 17.7 Å². The highest BCUT2D eigenvalue weighted by molar-refractivity contribution is 5.97. The fourth-order valence-electron chi connectivity index (χ4n) is 2.35. The van der Waals surface area contributed by atoms with Crippen LogP contribution in [0.25, 0.3) is 0 Å². The third kappa shape index (κ3) is 4.73. The lowest BCUT2D eigenvalue weighted by molar-refractivity contribution is -0.119. The largest absolute Gasteiger partial charge is 0.497 e. The summed E-state index contributed by atoms with van der Waals surface area (Å²) >= 11 is 0. The zero-order chi connectivity index (χ0) is 18.4. The molecular weight excluding hydrogens is 322 g/mol. The molecule has 0 atom stereocenters. The van der Waals surface area contributed by atoms with Gasteiger partial charge >= 0.3 is 5.97 Å². The number of anilines is 1. The second-order valence-corrected chi connectivity index (χ2v) is 5.51. The molecule has 0 bridgehead atoms. The van der Waals surface area contributed by atoms with Crippen LogP contribution in [0.15, 0.2) is 36.4 Å². The SMILES string of the molecule is COc1ccc(OC)c(NC(=O)COC(=O)c2ccc(C)cc2C)c1. The van der Waals surface area contributed by atoms with Crippen LogP contribution in [-0.2, 0) is 9.53 Å². The molecule has 132 valence electrons. The highest BCUT2D eigenvalue weighted by Crippen LogP contribution is 2.28. The van der Waals surface area contributed by atoms with E-state index in [2.05, 4.69) is 5.32 Å². The number of hydrogen-bond acceptors (Lipinski definition) is 5. The maximum absolute atomic E-state index is 12.1. The minimum absolute atomic E-state index is 0.396. The first-order chi connectivity index (χ1) is 11.9. The molecule has 6 nitrogen and oxygen atoms in total. The number of esters is 1. The van der Waals surface area contributed by atoms with E-state index in [1.165, 1.54) is 14.2 Å². The monoisotopic (exact) mass is 343 g/mol. The summed E-state index contributed by atoms with van der Waals surface area (Å²) in [6, 6.07) is 10.4. The second kappa shape index (κ2) is 8.19. The average molecular weight is 343 g/mol. The van der Waals surface area contributed by atoms with Gasteiger partial charge in [-0.2, -0.15) is 0 Å². The van der Waals surface area contributed by atoms with Crippen molar-refractivity contribution in [2.24, 2.45) is 0 Å². The van der Waals surface area contributed by atoms with Gasteiger partial charge in [0.2, 0.25) is 0 Å². The van der Waals surface area contributed by atoms with Crippen molar-refractivity contribution < 1.29 is 23.8 Å². The molecule has 0 aliphatic carbocycles. The van der Waals surface area contributed by atoms with Crippen molar-refractivity contribution in [2.45, 2.75) is 13.8 Å². The molecule has 25 heavy (non-hydrogen) atoms. The maximum Gasteiger partial charge on any atom is 0.338 e. The summed E-state index contributed by atoms with van der Waals surface area (Å²) in [5.74, 6) is 0.0492. The van der Waals surface area contributed by atoms with E-state index in [9.17, 15) is 9.59 Å². The molecule has 0 radical (unpaired) electrons. The van der Waals surface area contributed by atoms with Crippen LogP contribution in [0.3, 0.4) is 0 Å². The molecule has 6 heteroatoms. The van der Waals surface area contributed by atoms with Gasteiger partial charge in [0.05, 0.1) is 25.5 Å². The van der Waals surface area contributed by atoms with Crippen molar-refractivity contribution in [1.82, 2.24) is 0 Å². The predicted octanol–water partition coefficient (Wildman–Crippen LogP) is 3.12. The average Bonchev–Trinajstić information content (AvgIpc) is 2.59. The highest BCUT2D eigenvalue weighted by atomic mass is 16.5. The van der Waals surface area contributed by atoms with Crippen LogP contribution in [0.1, 0.15) is 21.5 Å². The Hall–Kier alpha value is -3.02. The fraction of sp³-hybridized carbons (Fsp3) is 0.263. The van der Waals surface area contributed by atoms with Gasteiger partial charge in [0.15, 0.2) is 6.61 Å². The molecule has 0 aliphatic rings. The summed E-state index contributed by atoms with van der Waals surface area (Å²) in [6.45, 7) is 3.37. The van der Waals surface area contributed by atoms with Gasteiger partial charge in [-0.15, -0.1) is 0 Å². The van der Waals surface area contributed by atoms with Gasteiger partial charge in [-0.25, -0.2) is 4.79 Å². The van der Waals surface area contributed by atoms with Crippen LogP contribution < -0.4 is 14.8 Å². The number of methoxy groups -OCH3 is 2. The van der Waals surface area contributed by atoms with Crippen LogP contribution in [0.5, 0.6) is 11.5 Å². The molecule has 1 N–H and O–H groups in total. The summed E-state index contributed by atoms with van der Waals surface area (Å²) < 4.78 is 15.4. The van der Waals surface area contributed by atoms with E-state index in [1.54, 1.807) is 24.3 Å². The molecule has 0 saturated heterocycles. The number of rotatable bonds is 6. The minimum atomic E-state index is -0.537. The van der Waals surface area contributed by atoms with Crippen LogP contribution in [0.2, 0.25) is 0 Å². The summed E-state index contributed by atoms with van der Waals surface area (Å²) in [7, 11) is 3.02. The van der Waals surface area contributed by atoms with Crippen LogP contribution in [0.4, 0.5) is 5.69 Å². The lowest BCUT2D eigenvalue weighted by Crippen LogP contribution is -2.21. The van der Waals surface area contributed by atoms with Crippen molar-refractivity contribution >= 4 is 17.6 Å². The van der Waals surface area contributed by atoms with E-state index in [0.717, 1.165) is 11.1 Å². The molecule has 2 rings (SSSR count). The number of hydrogen-bond donors (Lipinski definition) is 1. The molecule has 0 saturated carbocycles. The Morgan fingerprint density at radius 1 is 1.00 bits per heavy atom. The Morgan fingerprint density at radius 2 is 1.76 bits per heavy atom. The molecule has 0 fully saturated rings. The molecule has 0 spiro atoms. The lowest BCUT2D eigenvalue weighted by Gasteiger charge is -2.12. The number of nitrogens with one attached hydrogen (secondary N) is 1. The number of carbonyl (C=O) groups excluding carboxylic acids is 2. The molecule has 2 aromatic rings. The second-order valence-electron chi connectivity index (χ2n) is 5.51. The molecule has 1 amide bonds. The Balaban J connectivity index is 2.00. The van der Waals surface area contributed by atoms with Crippen LogP contribution in [-0.4, -0.2) is 32.7 Å². The number of amides is 1. The molecule has 0 aliphatic heterocycles. The standard InChI is InChI=1S/C19H21NO5/c1-12-5-7-15(13(2)9-12)19(22)25-11-18(21)20-16-10-14(23-3)6-8-17(16)24-4/h5-10H,11H2,1-4H3,(H,20,21). The van der Waals surface area contributed by atoms with Crippen molar-refractivity contribution in [3.05, 3.63) is 53.1 Å². The smallest absolute Gasteiger partial charge is 0.338 e. The number of carbonyl (C=O) groups is 2. The Bertz CT molecular complexity index is 785. The minimum Gasteiger partial charge on any atom is -0.497 e. The number of aryl methyl sites for hydroxylation is 2. The van der Waals surface area contributed by atoms with Gasteiger partial charge in [0.25, 0.3) is 5.91 Å². The molecule has 0 aromatic heterocycles. The summed E-state index contributed by atoms with van der Waals surface area (Å²) in [6.07, 6.45) is 0. The van der Waals surface area contributed by atoms with Crippen molar-refractivity contribution in [3.63, 3.8) is 0 Å². The number of ether oxygens (including phenoxy) is 3. The van der Waals surface area contributed by atoms with Crippen molar-refractivity contribution in [2.75, 3.05) is 26.1 Å². The van der Waals surface area contributed by atoms with Gasteiger partial charge < -0.3 is 19.5 Å². The molecule has 2 aromatic carbocycles. The lowest BCUT2D eigenvalue weighted by atomic mass is 10.1. The van der Waals surface area contributed by atoms with E-state index < -0.39 is 18.5 Å². The Morgan fingerprint density at radius 3 is 2.40 bits per heavy atom. The zero-order valence-corrected chi connectivity index (χ0v) is 14.7. The third-order valence-electron chi connectivity index (χ3n) is 3.62. The van der Waals surface area contributed by atoms with E-state index in [4.69, 9.17) is 14.2 Å². The Kier molecular flexibility index (Phi) is 6.00. The van der Waals surface area contributed by atoms with E-state index in [0.29, 0.717) is 22.7 Å². The first kappa shape index (κ1) is 18.3. The molecular formula is C19H21NO5. The van der Waals surface area contributed by atoms with Crippen molar-refractivity contribution in [3.8, 4) is 11.5 Å². The first-order valence-electron chi connectivity index (χ1n) is 7.71. The van der Waals surface area contributed by atoms with E-state index in [1.807, 2.05) is 26.0 Å². The first-order valence-corrected chi connectivity index (χ1v) is 7.71. The summed E-state index contributed by atoms with van der Waals surface area (Å²) in [5.41, 5.74) is 2.74. The highest BCUT2D eigenvalue weighted by Gasteiger charge is 2.14. The van der Waals surface area contributed by atoms with Gasteiger partial charge in [0, 0.05) is 6.07 Å². The van der Waals surface area contributed by atoms with Gasteiger partial charge in [-0.05, 0) is 37.6 Å². The van der Waals surface area contributed by atoms with E-state index in [-0.39, 0.29) is 0 Å². The van der Waals surface area contributed by atoms with Gasteiger partial charge in [0.1, 0.15) is 11.5 Å². The zero-order valence-electron chi connectivity index (χ0n) is 14.7. The summed E-state index contributed by atoms with van der Waals surface area (Å²) in [4.78, 5) is 24.2. The third-order valence-corrected chi connectivity index (χ3v) is 3.62. The molecule has 0 unspecified atom stereocenters. The maximum atomic E-state index is 12.1. The molecule has 0 heterocycles. The predicted molar refractivity (Wildman–Crippen MR) is 94.4 cm³/mol. The van der Waals surface area contributed by atoms with Crippen LogP contribution >= 0.6 is 0 Å². The van der Waals surface area contributed by atoms with Crippen LogP contribution in [0, 0.1) is 13.8 Å². The fourth-order valence-corrected chi connectivity index (χ4v) is 2.35. The Labute approximate surface area is 146 Å². The van der Waals surface area contributed by atoms with Crippen molar-refractivity contribution in [1.29, 1.82) is 0 Å². The summed E-state index contributed by atoms with van der Waals surface area (Å²) in [5, 5.41) is 2.65. The normalized spacial score (nSPS) is 10.1. The topological polar surface area (TPSA) is 73.9 Å². The van der Waals surface area contributed by atoms with Gasteiger partial charge in [-0.3, -0.25) is 4.79 Å².